The fourth-order valence-electron chi connectivity index (χ4n) is 1.49. The topological polar surface area (TPSA) is 72.2 Å². The normalized spacial score (nSPS) is 12.8. The third-order valence-electron chi connectivity index (χ3n) is 2.57. The van der Waals surface area contributed by atoms with E-state index in [1.165, 1.54) is 0 Å². The Morgan fingerprint density at radius 2 is 1.84 bits per heavy atom. The molecule has 0 bridgehead atoms. The highest BCUT2D eigenvalue weighted by molar-refractivity contribution is 7.89. The maximum absolute atomic E-state index is 12.3. The summed E-state index contributed by atoms with van der Waals surface area (Å²) in [6.07, 6.45) is 0. The van der Waals surface area contributed by atoms with Gasteiger partial charge in [-0.1, -0.05) is 23.2 Å². The average molecular weight is 325 g/mol. The van der Waals surface area contributed by atoms with E-state index in [0.29, 0.717) is 16.1 Å². The summed E-state index contributed by atoms with van der Waals surface area (Å²) >= 11 is 12.1. The second-order valence-electron chi connectivity index (χ2n) is 5.26. The molecule has 0 saturated heterocycles. The average Bonchev–Trinajstić information content (AvgIpc) is 2.23. The van der Waals surface area contributed by atoms with E-state index < -0.39 is 15.6 Å². The molecule has 0 heterocycles. The van der Waals surface area contributed by atoms with Crippen molar-refractivity contribution in [2.24, 2.45) is 5.73 Å². The lowest BCUT2D eigenvalue weighted by Crippen LogP contribution is -2.45. The first-order valence-corrected chi connectivity index (χ1v) is 7.93. The van der Waals surface area contributed by atoms with E-state index in [0.717, 1.165) is 0 Å². The molecule has 3 N–H and O–H groups in total. The van der Waals surface area contributed by atoms with Crippen LogP contribution in [-0.4, -0.2) is 20.5 Å². The first kappa shape index (κ1) is 16.7. The van der Waals surface area contributed by atoms with Crippen molar-refractivity contribution in [2.45, 2.75) is 38.1 Å². The molecule has 19 heavy (non-hydrogen) atoms. The molecule has 0 aliphatic rings. The van der Waals surface area contributed by atoms with Crippen molar-refractivity contribution in [3.8, 4) is 0 Å². The van der Waals surface area contributed by atoms with Crippen LogP contribution in [0.2, 0.25) is 10.0 Å². The van der Waals surface area contributed by atoms with Crippen molar-refractivity contribution in [3.63, 3.8) is 0 Å². The van der Waals surface area contributed by atoms with Crippen molar-refractivity contribution in [2.75, 3.05) is 6.54 Å². The largest absolute Gasteiger partial charge is 0.324 e. The summed E-state index contributed by atoms with van der Waals surface area (Å²) in [5.41, 5.74) is 6.16. The van der Waals surface area contributed by atoms with Crippen molar-refractivity contribution in [1.82, 2.24) is 4.72 Å². The quantitative estimate of drug-likeness (QED) is 0.894. The lowest BCUT2D eigenvalue weighted by molar-refractivity contribution is 0.497. The second kappa shape index (κ2) is 5.58. The van der Waals surface area contributed by atoms with Crippen LogP contribution in [0.5, 0.6) is 0 Å². The van der Waals surface area contributed by atoms with Gasteiger partial charge in [0.2, 0.25) is 10.0 Å². The minimum Gasteiger partial charge on any atom is -0.324 e. The summed E-state index contributed by atoms with van der Waals surface area (Å²) in [6, 6.07) is 1.64. The van der Waals surface area contributed by atoms with Crippen LogP contribution in [-0.2, 0) is 10.0 Å². The van der Waals surface area contributed by atoms with Crippen molar-refractivity contribution < 1.29 is 8.42 Å². The Labute approximate surface area is 124 Å². The number of benzene rings is 1. The van der Waals surface area contributed by atoms with Crippen LogP contribution in [0.15, 0.2) is 11.0 Å². The van der Waals surface area contributed by atoms with E-state index in [4.69, 9.17) is 28.9 Å². The molecule has 1 aromatic carbocycles. The molecule has 0 aliphatic heterocycles. The number of hydrogen-bond donors (Lipinski definition) is 2. The fourth-order valence-corrected chi connectivity index (χ4v) is 3.92. The number of aryl methyl sites for hydroxylation is 1. The van der Waals surface area contributed by atoms with Crippen LogP contribution in [0.25, 0.3) is 0 Å². The maximum Gasteiger partial charge on any atom is 0.242 e. The minimum absolute atomic E-state index is 0.0171. The third-order valence-corrected chi connectivity index (χ3v) is 5.14. The van der Waals surface area contributed by atoms with Crippen LogP contribution in [0, 0.1) is 13.8 Å². The van der Waals surface area contributed by atoms with Gasteiger partial charge in [0.25, 0.3) is 0 Å². The monoisotopic (exact) mass is 324 g/mol. The smallest absolute Gasteiger partial charge is 0.242 e. The highest BCUT2D eigenvalue weighted by Crippen LogP contribution is 2.33. The Bertz CT molecular complexity index is 566. The summed E-state index contributed by atoms with van der Waals surface area (Å²) in [6.45, 7) is 6.90. The zero-order valence-corrected chi connectivity index (χ0v) is 13.7. The first-order valence-electron chi connectivity index (χ1n) is 5.69. The van der Waals surface area contributed by atoms with E-state index in [9.17, 15) is 8.42 Å². The molecule has 108 valence electrons. The van der Waals surface area contributed by atoms with E-state index in [1.54, 1.807) is 33.8 Å². The van der Waals surface area contributed by atoms with Crippen molar-refractivity contribution >= 4 is 33.2 Å². The molecule has 0 aromatic heterocycles. The van der Waals surface area contributed by atoms with E-state index >= 15 is 0 Å². The summed E-state index contributed by atoms with van der Waals surface area (Å²) in [7, 11) is -3.75. The number of hydrogen-bond acceptors (Lipinski definition) is 3. The predicted molar refractivity (Wildman–Crippen MR) is 79.4 cm³/mol. The Balaban J connectivity index is 3.30. The van der Waals surface area contributed by atoms with Gasteiger partial charge in [0.15, 0.2) is 0 Å². The number of nitrogens with one attached hydrogen (secondary N) is 1. The highest BCUT2D eigenvalue weighted by Gasteiger charge is 2.25. The molecule has 0 fully saturated rings. The Morgan fingerprint density at radius 1 is 1.32 bits per heavy atom. The maximum atomic E-state index is 12.3. The summed E-state index contributed by atoms with van der Waals surface area (Å²) < 4.78 is 27.1. The van der Waals surface area contributed by atoms with Crippen LogP contribution < -0.4 is 10.5 Å². The van der Waals surface area contributed by atoms with Crippen LogP contribution in [0.3, 0.4) is 0 Å². The number of sulfonamides is 1. The van der Waals surface area contributed by atoms with Gasteiger partial charge in [0.05, 0.1) is 5.02 Å². The molecule has 1 rings (SSSR count). The molecule has 0 amide bonds. The van der Waals surface area contributed by atoms with E-state index in [-0.39, 0.29) is 16.5 Å². The van der Waals surface area contributed by atoms with Gasteiger partial charge in [-0.25, -0.2) is 13.1 Å². The summed E-state index contributed by atoms with van der Waals surface area (Å²) in [4.78, 5) is 0.0171. The molecular formula is C12H18Cl2N2O2S. The SMILES string of the molecule is Cc1cc(Cl)c(C)c(S(=O)(=O)NCC(C)(C)N)c1Cl. The lowest BCUT2D eigenvalue weighted by Gasteiger charge is -2.20. The van der Waals surface area contributed by atoms with Crippen LogP contribution in [0.4, 0.5) is 0 Å². The van der Waals surface area contributed by atoms with Gasteiger partial charge in [-0.2, -0.15) is 0 Å². The zero-order chi connectivity index (χ0) is 15.0. The van der Waals surface area contributed by atoms with Crippen LogP contribution >= 0.6 is 23.2 Å². The number of halogens is 2. The van der Waals surface area contributed by atoms with E-state index in [2.05, 4.69) is 4.72 Å². The van der Waals surface area contributed by atoms with Crippen molar-refractivity contribution in [1.29, 1.82) is 0 Å². The predicted octanol–water partition coefficient (Wildman–Crippen LogP) is 2.63. The minimum atomic E-state index is -3.75. The standard InChI is InChI=1S/C12H18Cl2N2O2S/c1-7-5-9(13)8(2)11(10(7)14)19(17,18)16-6-12(3,4)15/h5,16H,6,15H2,1-4H3. The molecule has 0 atom stereocenters. The lowest BCUT2D eigenvalue weighted by atomic mass is 10.1. The molecule has 7 heteroatoms. The Morgan fingerprint density at radius 3 is 2.32 bits per heavy atom. The van der Waals surface area contributed by atoms with Gasteiger partial charge in [0.1, 0.15) is 4.90 Å². The zero-order valence-electron chi connectivity index (χ0n) is 11.3. The number of rotatable bonds is 4. The summed E-state index contributed by atoms with van der Waals surface area (Å²) in [5, 5.41) is 0.554. The molecule has 0 spiro atoms. The molecule has 0 unspecified atom stereocenters. The summed E-state index contributed by atoms with van der Waals surface area (Å²) in [5.74, 6) is 0. The second-order valence-corrected chi connectivity index (χ2v) is 7.75. The third kappa shape index (κ3) is 4.07. The molecule has 0 saturated carbocycles. The Hall–Kier alpha value is -0.330. The van der Waals surface area contributed by atoms with Gasteiger partial charge >= 0.3 is 0 Å². The molecular weight excluding hydrogens is 307 g/mol. The molecule has 0 aliphatic carbocycles. The van der Waals surface area contributed by atoms with Gasteiger partial charge in [-0.15, -0.1) is 0 Å². The van der Waals surface area contributed by atoms with Gasteiger partial charge in [-0.05, 0) is 44.9 Å². The highest BCUT2D eigenvalue weighted by atomic mass is 35.5. The van der Waals surface area contributed by atoms with Crippen molar-refractivity contribution in [3.05, 3.63) is 27.2 Å². The first-order chi connectivity index (χ1) is 8.46. The molecule has 4 nitrogen and oxygen atoms in total. The number of nitrogens with two attached hydrogens (primary N) is 1. The molecule has 0 radical (unpaired) electrons. The van der Waals surface area contributed by atoms with Crippen LogP contribution in [0.1, 0.15) is 25.0 Å². The fraction of sp³-hybridized carbons (Fsp3) is 0.500. The van der Waals surface area contributed by atoms with Gasteiger partial charge < -0.3 is 5.73 Å². The van der Waals surface area contributed by atoms with Gasteiger partial charge in [0, 0.05) is 17.1 Å². The molecule has 1 aromatic rings. The van der Waals surface area contributed by atoms with E-state index in [1.807, 2.05) is 0 Å². The Kier molecular flexibility index (Phi) is 4.91. The van der Waals surface area contributed by atoms with Gasteiger partial charge in [-0.3, -0.25) is 0 Å².